The van der Waals surface area contributed by atoms with Crippen LogP contribution in [0.2, 0.25) is 0 Å². The summed E-state index contributed by atoms with van der Waals surface area (Å²) >= 11 is 0. The summed E-state index contributed by atoms with van der Waals surface area (Å²) in [7, 11) is 0. The highest BCUT2D eigenvalue weighted by molar-refractivity contribution is 5.90. The van der Waals surface area contributed by atoms with Crippen molar-refractivity contribution in [2.45, 2.75) is 38.8 Å². The molecule has 1 saturated carbocycles. The maximum absolute atomic E-state index is 14.0. The van der Waals surface area contributed by atoms with Crippen LogP contribution in [0.3, 0.4) is 0 Å². The van der Waals surface area contributed by atoms with E-state index in [4.69, 9.17) is 0 Å². The molecule has 1 aliphatic rings. The Morgan fingerprint density at radius 1 is 1.19 bits per heavy atom. The second kappa shape index (κ2) is 6.56. The van der Waals surface area contributed by atoms with E-state index in [1.807, 2.05) is 6.92 Å². The molecule has 1 aromatic heterocycles. The fourth-order valence-electron chi connectivity index (χ4n) is 3.45. The number of nitrogens with zero attached hydrogens (tertiary/aromatic N) is 1. The summed E-state index contributed by atoms with van der Waals surface area (Å²) in [5.74, 6) is -0.670. The highest BCUT2D eigenvalue weighted by Crippen LogP contribution is 2.31. The van der Waals surface area contributed by atoms with Gasteiger partial charge in [-0.1, -0.05) is 18.2 Å². The van der Waals surface area contributed by atoms with E-state index in [-0.39, 0.29) is 36.5 Å². The minimum Gasteiger partial charge on any atom is -0.358 e. The number of aromatic nitrogens is 1. The molecule has 0 aliphatic heterocycles. The number of halogens is 2. The lowest BCUT2D eigenvalue weighted by molar-refractivity contribution is -0.131. The molecule has 4 rings (SSSR count). The summed E-state index contributed by atoms with van der Waals surface area (Å²) in [6.45, 7) is 2.16. The van der Waals surface area contributed by atoms with E-state index in [1.165, 1.54) is 18.2 Å². The Morgan fingerprint density at radius 2 is 1.96 bits per heavy atom. The Kier molecular flexibility index (Phi) is 4.23. The highest BCUT2D eigenvalue weighted by atomic mass is 19.1. The zero-order chi connectivity index (χ0) is 18.3. The van der Waals surface area contributed by atoms with Crippen molar-refractivity contribution in [3.05, 3.63) is 70.9 Å². The van der Waals surface area contributed by atoms with Crippen molar-refractivity contribution in [2.75, 3.05) is 0 Å². The molecule has 3 aromatic rings. The van der Waals surface area contributed by atoms with Crippen molar-refractivity contribution in [1.82, 2.24) is 9.88 Å². The highest BCUT2D eigenvalue weighted by Gasteiger charge is 2.33. The first kappa shape index (κ1) is 16.8. The van der Waals surface area contributed by atoms with E-state index < -0.39 is 0 Å². The molecule has 0 saturated heterocycles. The van der Waals surface area contributed by atoms with Crippen LogP contribution in [0.25, 0.3) is 10.9 Å². The first-order valence-corrected chi connectivity index (χ1v) is 8.82. The number of hydrogen-bond acceptors (Lipinski definition) is 1. The molecule has 5 heteroatoms. The van der Waals surface area contributed by atoms with Crippen molar-refractivity contribution in [1.29, 1.82) is 0 Å². The Hall–Kier alpha value is -2.69. The van der Waals surface area contributed by atoms with Gasteiger partial charge in [-0.2, -0.15) is 0 Å². The number of fused-ring (bicyclic) bond motifs is 1. The van der Waals surface area contributed by atoms with Gasteiger partial charge in [0.2, 0.25) is 5.91 Å². The number of carbonyl (C=O) groups excluding carboxylic acids is 1. The first-order valence-electron chi connectivity index (χ1n) is 8.82. The van der Waals surface area contributed by atoms with Crippen LogP contribution >= 0.6 is 0 Å². The van der Waals surface area contributed by atoms with Crippen molar-refractivity contribution >= 4 is 16.8 Å². The third-order valence-electron chi connectivity index (χ3n) is 5.02. The van der Waals surface area contributed by atoms with Gasteiger partial charge in [0.1, 0.15) is 11.6 Å². The van der Waals surface area contributed by atoms with Gasteiger partial charge in [0.15, 0.2) is 0 Å². The van der Waals surface area contributed by atoms with E-state index in [0.29, 0.717) is 5.56 Å². The average molecular weight is 354 g/mol. The van der Waals surface area contributed by atoms with E-state index in [2.05, 4.69) is 4.98 Å². The van der Waals surface area contributed by atoms with Gasteiger partial charge in [-0.25, -0.2) is 8.78 Å². The Morgan fingerprint density at radius 3 is 2.69 bits per heavy atom. The van der Waals surface area contributed by atoms with Crippen LogP contribution < -0.4 is 0 Å². The van der Waals surface area contributed by atoms with Crippen LogP contribution in [-0.4, -0.2) is 21.8 Å². The maximum Gasteiger partial charge on any atom is 0.227 e. The number of aromatic amines is 1. The molecular weight excluding hydrogens is 334 g/mol. The molecule has 2 aromatic carbocycles. The number of benzene rings is 2. The van der Waals surface area contributed by atoms with Crippen LogP contribution in [0.4, 0.5) is 8.78 Å². The molecule has 3 nitrogen and oxygen atoms in total. The topological polar surface area (TPSA) is 36.1 Å². The Balaban J connectivity index is 1.61. The smallest absolute Gasteiger partial charge is 0.227 e. The normalized spacial score (nSPS) is 14.0. The van der Waals surface area contributed by atoms with Gasteiger partial charge in [-0.05, 0) is 49.6 Å². The lowest BCUT2D eigenvalue weighted by Crippen LogP contribution is -2.34. The summed E-state index contributed by atoms with van der Waals surface area (Å²) in [6.07, 6.45) is 2.07. The van der Waals surface area contributed by atoms with Gasteiger partial charge in [0.25, 0.3) is 0 Å². The van der Waals surface area contributed by atoms with Gasteiger partial charge in [-0.15, -0.1) is 0 Å². The van der Waals surface area contributed by atoms with Gasteiger partial charge in [0.05, 0.1) is 6.42 Å². The van der Waals surface area contributed by atoms with Crippen LogP contribution in [0.5, 0.6) is 0 Å². The number of amides is 1. The molecular formula is C21H20F2N2O. The van der Waals surface area contributed by atoms with Gasteiger partial charge < -0.3 is 9.88 Å². The zero-order valence-corrected chi connectivity index (χ0v) is 14.6. The largest absolute Gasteiger partial charge is 0.358 e. The average Bonchev–Trinajstić information content (AvgIpc) is 3.40. The van der Waals surface area contributed by atoms with Crippen LogP contribution in [0.15, 0.2) is 42.5 Å². The SMILES string of the molecule is Cc1[nH]c2ccc(F)cc2c1CC(=O)N(Cc1ccccc1F)C1CC1. The van der Waals surface area contributed by atoms with Crippen LogP contribution in [-0.2, 0) is 17.8 Å². The number of H-pyrrole nitrogens is 1. The third kappa shape index (κ3) is 3.21. The molecule has 1 N–H and O–H groups in total. The van der Waals surface area contributed by atoms with Crippen LogP contribution in [0, 0.1) is 18.6 Å². The minimum absolute atomic E-state index is 0.0518. The fraction of sp³-hybridized carbons (Fsp3) is 0.286. The quantitative estimate of drug-likeness (QED) is 0.720. The number of aryl methyl sites for hydroxylation is 1. The van der Waals surface area contributed by atoms with Gasteiger partial charge in [-0.3, -0.25) is 4.79 Å². The first-order chi connectivity index (χ1) is 12.5. The molecule has 134 valence electrons. The summed E-state index contributed by atoms with van der Waals surface area (Å²) < 4.78 is 27.6. The van der Waals surface area contributed by atoms with E-state index in [0.717, 1.165) is 35.0 Å². The lowest BCUT2D eigenvalue weighted by Gasteiger charge is -2.23. The lowest BCUT2D eigenvalue weighted by atomic mass is 10.1. The van der Waals surface area contributed by atoms with Crippen molar-refractivity contribution < 1.29 is 13.6 Å². The van der Waals surface area contributed by atoms with Crippen molar-refractivity contribution in [3.63, 3.8) is 0 Å². The predicted octanol–water partition coefficient (Wildman–Crippen LogP) is 4.49. The fourth-order valence-corrected chi connectivity index (χ4v) is 3.45. The number of carbonyl (C=O) groups is 1. The molecule has 0 atom stereocenters. The standard InChI is InChI=1S/C21H20F2N2O/c1-13-17(18-10-15(22)6-9-20(18)24-13)11-21(26)25(16-7-8-16)12-14-4-2-3-5-19(14)23/h2-6,9-10,16,24H,7-8,11-12H2,1H3. The molecule has 0 spiro atoms. The summed E-state index contributed by atoms with van der Waals surface area (Å²) in [5, 5.41) is 0.734. The monoisotopic (exact) mass is 354 g/mol. The van der Waals surface area contributed by atoms with Crippen molar-refractivity contribution in [2.24, 2.45) is 0 Å². The zero-order valence-electron chi connectivity index (χ0n) is 14.6. The minimum atomic E-state index is -0.324. The Labute approximate surface area is 150 Å². The summed E-state index contributed by atoms with van der Waals surface area (Å²) in [4.78, 5) is 17.9. The number of hydrogen-bond donors (Lipinski definition) is 1. The summed E-state index contributed by atoms with van der Waals surface area (Å²) in [5.41, 5.74) is 3.01. The van der Waals surface area contributed by atoms with Gasteiger partial charge >= 0.3 is 0 Å². The van der Waals surface area contributed by atoms with Crippen molar-refractivity contribution in [3.8, 4) is 0 Å². The Bertz CT molecular complexity index is 975. The van der Waals surface area contributed by atoms with Crippen LogP contribution in [0.1, 0.15) is 29.7 Å². The second-order valence-corrected chi connectivity index (χ2v) is 6.94. The predicted molar refractivity (Wildman–Crippen MR) is 96.7 cm³/mol. The number of nitrogens with one attached hydrogen (secondary N) is 1. The van der Waals surface area contributed by atoms with E-state index in [1.54, 1.807) is 29.2 Å². The van der Waals surface area contributed by atoms with E-state index in [9.17, 15) is 13.6 Å². The molecule has 0 radical (unpaired) electrons. The van der Waals surface area contributed by atoms with Gasteiger partial charge in [0, 0.05) is 34.7 Å². The van der Waals surface area contributed by atoms with E-state index >= 15 is 0 Å². The molecule has 1 amide bonds. The number of rotatable bonds is 5. The maximum atomic E-state index is 14.0. The molecule has 26 heavy (non-hydrogen) atoms. The molecule has 1 heterocycles. The molecule has 1 fully saturated rings. The third-order valence-corrected chi connectivity index (χ3v) is 5.02. The summed E-state index contributed by atoms with van der Waals surface area (Å²) in [6, 6.07) is 11.3. The molecule has 0 unspecified atom stereocenters. The second-order valence-electron chi connectivity index (χ2n) is 6.94. The molecule has 0 bridgehead atoms. The molecule has 1 aliphatic carbocycles.